The van der Waals surface area contributed by atoms with Gasteiger partial charge < -0.3 is 9.80 Å². The molecule has 2 nitrogen and oxygen atoms in total. The van der Waals surface area contributed by atoms with Gasteiger partial charge >= 0.3 is 0 Å². The third-order valence-electron chi connectivity index (χ3n) is 8.97. The summed E-state index contributed by atoms with van der Waals surface area (Å²) < 4.78 is 0. The molecule has 3 aromatic rings. The standard InChI is InChI=1S/C43H40N2/c1-4-16-32(26-25-31(2)3)33-27-28-39-41(30-33)45(36-20-10-7-11-21-36)40-24-15-14-23-38(40)42-34-17-12-13-22-37(29-34)44(43(39)42)35-18-8-5-6-9-19-35/h5,7-28,30,34,37H,2,4,6,29H2,1,3H3/b26-25-,32-16+. The molecule has 0 saturated heterocycles. The van der Waals surface area contributed by atoms with Crippen LogP contribution >= 0.6 is 0 Å². The molecule has 222 valence electrons. The Morgan fingerprint density at radius 2 is 1.69 bits per heavy atom. The monoisotopic (exact) mass is 584 g/mol. The molecule has 0 N–H and O–H groups in total. The van der Waals surface area contributed by atoms with E-state index in [1.54, 1.807) is 0 Å². The number of fused-ring (bicyclic) bond motifs is 7. The Hall–Kier alpha value is -5.08. The maximum absolute atomic E-state index is 4.12. The zero-order chi connectivity index (χ0) is 30.8. The van der Waals surface area contributed by atoms with E-state index in [2.05, 4.69) is 169 Å². The molecular formula is C43H40N2. The summed E-state index contributed by atoms with van der Waals surface area (Å²) in [7, 11) is 0. The molecule has 0 saturated carbocycles. The molecule has 2 aliphatic carbocycles. The lowest BCUT2D eigenvalue weighted by Gasteiger charge is -2.42. The van der Waals surface area contributed by atoms with E-state index in [0.717, 1.165) is 30.5 Å². The molecule has 45 heavy (non-hydrogen) atoms. The molecule has 3 aromatic carbocycles. The molecule has 2 unspecified atom stereocenters. The summed E-state index contributed by atoms with van der Waals surface area (Å²) >= 11 is 0. The third kappa shape index (κ3) is 5.42. The average Bonchev–Trinajstić information content (AvgIpc) is 3.50. The molecule has 2 bridgehead atoms. The van der Waals surface area contributed by atoms with Crippen LogP contribution in [0, 0.1) is 5.92 Å². The van der Waals surface area contributed by atoms with Gasteiger partial charge in [0, 0.05) is 28.4 Å². The lowest BCUT2D eigenvalue weighted by molar-refractivity contribution is 0.371. The van der Waals surface area contributed by atoms with Gasteiger partial charge in [-0.15, -0.1) is 0 Å². The Bertz CT molecular complexity index is 1870. The molecule has 7 rings (SSSR count). The van der Waals surface area contributed by atoms with Gasteiger partial charge in [-0.1, -0.05) is 128 Å². The highest BCUT2D eigenvalue weighted by atomic mass is 15.2. The molecule has 0 aromatic heterocycles. The highest BCUT2D eigenvalue weighted by Crippen LogP contribution is 2.55. The number of para-hydroxylation sites is 2. The Morgan fingerprint density at radius 1 is 0.867 bits per heavy atom. The van der Waals surface area contributed by atoms with Gasteiger partial charge in [-0.3, -0.25) is 0 Å². The van der Waals surface area contributed by atoms with Crippen molar-refractivity contribution in [2.45, 2.75) is 39.2 Å². The quantitative estimate of drug-likeness (QED) is 0.266. The Kier molecular flexibility index (Phi) is 7.96. The first-order valence-electron chi connectivity index (χ1n) is 16.2. The van der Waals surface area contributed by atoms with Crippen LogP contribution in [0.5, 0.6) is 0 Å². The summed E-state index contributed by atoms with van der Waals surface area (Å²) in [6.45, 7) is 8.37. The van der Waals surface area contributed by atoms with Crippen LogP contribution < -0.4 is 4.90 Å². The summed E-state index contributed by atoms with van der Waals surface area (Å²) in [5, 5.41) is 0. The molecule has 0 radical (unpaired) electrons. The summed E-state index contributed by atoms with van der Waals surface area (Å²) in [4.78, 5) is 5.08. The van der Waals surface area contributed by atoms with Crippen LogP contribution in [0.2, 0.25) is 0 Å². The van der Waals surface area contributed by atoms with E-state index < -0.39 is 0 Å². The first-order chi connectivity index (χ1) is 22.1. The van der Waals surface area contributed by atoms with Crippen molar-refractivity contribution in [2.75, 3.05) is 4.90 Å². The van der Waals surface area contributed by atoms with Crippen LogP contribution in [0.25, 0.3) is 16.8 Å². The van der Waals surface area contributed by atoms with Gasteiger partial charge in [0.05, 0.1) is 23.1 Å². The lowest BCUT2D eigenvalue weighted by atomic mass is 9.80. The first kappa shape index (κ1) is 28.7. The van der Waals surface area contributed by atoms with Crippen LogP contribution in [0.4, 0.5) is 17.1 Å². The highest BCUT2D eigenvalue weighted by molar-refractivity contribution is 6.05. The number of benzene rings is 3. The van der Waals surface area contributed by atoms with Crippen molar-refractivity contribution in [3.05, 3.63) is 180 Å². The second kappa shape index (κ2) is 12.5. The van der Waals surface area contributed by atoms with Crippen LogP contribution in [-0.4, -0.2) is 10.9 Å². The maximum atomic E-state index is 4.12. The topological polar surface area (TPSA) is 6.48 Å². The molecule has 2 heterocycles. The number of anilines is 3. The van der Waals surface area contributed by atoms with Gasteiger partial charge in [-0.25, -0.2) is 0 Å². The smallest absolute Gasteiger partial charge is 0.0561 e. The molecule has 4 aliphatic rings. The maximum Gasteiger partial charge on any atom is 0.0561 e. The second-order valence-corrected chi connectivity index (χ2v) is 12.1. The summed E-state index contributed by atoms with van der Waals surface area (Å²) in [6.07, 6.45) is 30.2. The fourth-order valence-corrected chi connectivity index (χ4v) is 7.05. The van der Waals surface area contributed by atoms with E-state index in [9.17, 15) is 0 Å². The lowest BCUT2D eigenvalue weighted by Crippen LogP contribution is -2.37. The fraction of sp³-hybridized carbons (Fsp3) is 0.163. The fourth-order valence-electron chi connectivity index (χ4n) is 7.05. The van der Waals surface area contributed by atoms with Gasteiger partial charge in [-0.05, 0) is 79.3 Å². The predicted octanol–water partition coefficient (Wildman–Crippen LogP) is 11.5. The van der Waals surface area contributed by atoms with E-state index in [1.165, 1.54) is 50.6 Å². The number of hydrogen-bond acceptors (Lipinski definition) is 2. The highest BCUT2D eigenvalue weighted by Gasteiger charge is 2.40. The predicted molar refractivity (Wildman–Crippen MR) is 193 cm³/mol. The van der Waals surface area contributed by atoms with Crippen molar-refractivity contribution in [1.29, 1.82) is 0 Å². The van der Waals surface area contributed by atoms with E-state index >= 15 is 0 Å². The molecular weight excluding hydrogens is 544 g/mol. The number of allylic oxidation sites excluding steroid dienone is 14. The minimum absolute atomic E-state index is 0.239. The van der Waals surface area contributed by atoms with Crippen molar-refractivity contribution >= 4 is 33.9 Å². The zero-order valence-corrected chi connectivity index (χ0v) is 26.2. The van der Waals surface area contributed by atoms with Crippen molar-refractivity contribution in [3.8, 4) is 0 Å². The molecule has 2 heteroatoms. The summed E-state index contributed by atoms with van der Waals surface area (Å²) in [6, 6.07) is 27.2. The van der Waals surface area contributed by atoms with Gasteiger partial charge in [0.15, 0.2) is 0 Å². The minimum Gasteiger partial charge on any atom is -0.334 e. The molecule has 0 amide bonds. The van der Waals surface area contributed by atoms with E-state index in [4.69, 9.17) is 0 Å². The summed E-state index contributed by atoms with van der Waals surface area (Å²) in [5.41, 5.74) is 13.4. The van der Waals surface area contributed by atoms with Crippen molar-refractivity contribution in [1.82, 2.24) is 4.90 Å². The van der Waals surface area contributed by atoms with Crippen molar-refractivity contribution in [3.63, 3.8) is 0 Å². The second-order valence-electron chi connectivity index (χ2n) is 12.1. The minimum atomic E-state index is 0.239. The van der Waals surface area contributed by atoms with Gasteiger partial charge in [0.25, 0.3) is 0 Å². The molecule has 2 atom stereocenters. The van der Waals surface area contributed by atoms with Crippen LogP contribution in [-0.2, 0) is 0 Å². The van der Waals surface area contributed by atoms with Crippen molar-refractivity contribution in [2.24, 2.45) is 5.92 Å². The van der Waals surface area contributed by atoms with Crippen molar-refractivity contribution < 1.29 is 0 Å². The number of hydrogen-bond donors (Lipinski definition) is 0. The van der Waals surface area contributed by atoms with E-state index in [0.29, 0.717) is 5.92 Å². The SMILES string of the molecule is C=C(C)/C=C\C(=C/CC)c1ccc2c(c1)N(c1ccccc1)c1ccccc1C1=C2N(C2=CC=CCC=C2)C2C=CC=CC1C2. The Morgan fingerprint density at radius 3 is 2.53 bits per heavy atom. The normalized spacial score (nSPS) is 20.3. The first-order valence-corrected chi connectivity index (χ1v) is 16.2. The number of nitrogens with zero attached hydrogens (tertiary/aromatic N) is 2. The largest absolute Gasteiger partial charge is 0.334 e. The molecule has 0 spiro atoms. The Labute approximate surface area is 268 Å². The zero-order valence-electron chi connectivity index (χ0n) is 26.2. The molecule has 2 aliphatic heterocycles. The van der Waals surface area contributed by atoms with Crippen LogP contribution in [0.3, 0.4) is 0 Å². The van der Waals surface area contributed by atoms with Gasteiger partial charge in [0.1, 0.15) is 0 Å². The van der Waals surface area contributed by atoms with Crippen LogP contribution in [0.15, 0.2) is 164 Å². The average molecular weight is 585 g/mol. The van der Waals surface area contributed by atoms with Gasteiger partial charge in [0.2, 0.25) is 0 Å². The van der Waals surface area contributed by atoms with E-state index in [-0.39, 0.29) is 6.04 Å². The summed E-state index contributed by atoms with van der Waals surface area (Å²) in [5.74, 6) is 0.292. The molecule has 0 fully saturated rings. The van der Waals surface area contributed by atoms with Gasteiger partial charge in [-0.2, -0.15) is 0 Å². The Balaban J connectivity index is 1.57. The van der Waals surface area contributed by atoms with E-state index in [1.807, 2.05) is 6.92 Å². The van der Waals surface area contributed by atoms with Crippen LogP contribution in [0.1, 0.15) is 49.8 Å². The number of rotatable bonds is 6. The third-order valence-corrected chi connectivity index (χ3v) is 8.97.